The van der Waals surface area contributed by atoms with Crippen LogP contribution in [0.3, 0.4) is 0 Å². The van der Waals surface area contributed by atoms with Gasteiger partial charge in [-0.1, -0.05) is 5.16 Å². The van der Waals surface area contributed by atoms with Crippen LogP contribution in [-0.2, 0) is 14.3 Å². The summed E-state index contributed by atoms with van der Waals surface area (Å²) in [5.41, 5.74) is 5.44. The first kappa shape index (κ1) is 15.7. The van der Waals surface area contributed by atoms with Crippen LogP contribution in [0.1, 0.15) is 0 Å². The van der Waals surface area contributed by atoms with Crippen molar-refractivity contribution >= 4 is 11.7 Å². The number of amidine groups is 1. The Labute approximate surface area is 112 Å². The molecular formula is C11H22N4O4. The third-order valence-corrected chi connectivity index (χ3v) is 2.90. The number of methoxy groups -OCH3 is 1. The van der Waals surface area contributed by atoms with E-state index in [1.54, 1.807) is 12.0 Å². The second-order valence-electron chi connectivity index (χ2n) is 4.29. The van der Waals surface area contributed by atoms with Crippen LogP contribution < -0.4 is 5.73 Å². The summed E-state index contributed by atoms with van der Waals surface area (Å²) in [5, 5.41) is 11.4. The van der Waals surface area contributed by atoms with Crippen molar-refractivity contribution in [3.05, 3.63) is 0 Å². The first-order valence-corrected chi connectivity index (χ1v) is 6.20. The van der Waals surface area contributed by atoms with Crippen molar-refractivity contribution in [3.8, 4) is 0 Å². The Morgan fingerprint density at radius 3 is 2.58 bits per heavy atom. The van der Waals surface area contributed by atoms with Gasteiger partial charge in [-0.25, -0.2) is 0 Å². The zero-order chi connectivity index (χ0) is 14.1. The van der Waals surface area contributed by atoms with Gasteiger partial charge in [0.15, 0.2) is 5.84 Å². The molecule has 1 aliphatic rings. The van der Waals surface area contributed by atoms with Crippen molar-refractivity contribution < 1.29 is 19.5 Å². The van der Waals surface area contributed by atoms with Gasteiger partial charge in [0.1, 0.15) is 6.61 Å². The molecular weight excluding hydrogens is 252 g/mol. The normalized spacial score (nSPS) is 17.7. The minimum Gasteiger partial charge on any atom is -0.409 e. The molecule has 3 N–H and O–H groups in total. The molecule has 1 rings (SSSR count). The minimum absolute atomic E-state index is 0.0143. The van der Waals surface area contributed by atoms with Gasteiger partial charge in [-0.2, -0.15) is 0 Å². The summed E-state index contributed by atoms with van der Waals surface area (Å²) in [6.45, 7) is 4.09. The van der Waals surface area contributed by atoms with E-state index >= 15 is 0 Å². The second kappa shape index (κ2) is 8.68. The highest BCUT2D eigenvalue weighted by Gasteiger charge is 2.21. The molecule has 0 aromatic carbocycles. The lowest BCUT2D eigenvalue weighted by molar-refractivity contribution is -0.138. The maximum Gasteiger partial charge on any atom is 0.248 e. The fraction of sp³-hybridized carbons (Fsp3) is 0.818. The lowest BCUT2D eigenvalue weighted by Gasteiger charge is -2.34. The van der Waals surface area contributed by atoms with Crippen molar-refractivity contribution in [2.45, 2.75) is 0 Å². The fourth-order valence-electron chi connectivity index (χ4n) is 1.81. The molecule has 0 spiro atoms. The Hall–Kier alpha value is -1.38. The predicted octanol–water partition coefficient (Wildman–Crippen LogP) is -1.46. The number of hydrogen-bond acceptors (Lipinski definition) is 6. The second-order valence-corrected chi connectivity index (χ2v) is 4.29. The molecule has 0 aromatic rings. The summed E-state index contributed by atoms with van der Waals surface area (Å²) >= 11 is 0. The Morgan fingerprint density at radius 2 is 2.00 bits per heavy atom. The molecule has 0 bridgehead atoms. The Balaban J connectivity index is 2.20. The third-order valence-electron chi connectivity index (χ3n) is 2.90. The van der Waals surface area contributed by atoms with Gasteiger partial charge in [0.2, 0.25) is 5.91 Å². The average molecular weight is 274 g/mol. The van der Waals surface area contributed by atoms with Crippen LogP contribution in [-0.4, -0.2) is 86.4 Å². The van der Waals surface area contributed by atoms with E-state index in [2.05, 4.69) is 5.16 Å². The van der Waals surface area contributed by atoms with E-state index in [0.717, 1.165) is 0 Å². The largest absolute Gasteiger partial charge is 0.409 e. The van der Waals surface area contributed by atoms with E-state index in [-0.39, 0.29) is 18.3 Å². The first-order valence-electron chi connectivity index (χ1n) is 6.20. The molecule has 19 heavy (non-hydrogen) atoms. The average Bonchev–Trinajstić information content (AvgIpc) is 2.44. The lowest BCUT2D eigenvalue weighted by atomic mass is 10.3. The predicted molar refractivity (Wildman–Crippen MR) is 69.1 cm³/mol. The quantitative estimate of drug-likeness (QED) is 0.193. The smallest absolute Gasteiger partial charge is 0.248 e. The van der Waals surface area contributed by atoms with E-state index in [9.17, 15) is 4.79 Å². The van der Waals surface area contributed by atoms with E-state index in [1.165, 1.54) is 0 Å². The molecule has 1 amide bonds. The standard InChI is InChI=1S/C11H22N4O4/c1-18-6-7-19-9-11(16)15-4-2-14(3-5-15)8-10(12)13-17/h17H,2-9H2,1H3,(H2,12,13). The maximum absolute atomic E-state index is 11.8. The summed E-state index contributed by atoms with van der Waals surface area (Å²) in [5.74, 6) is 0.169. The van der Waals surface area contributed by atoms with Crippen LogP contribution in [0, 0.1) is 0 Å². The van der Waals surface area contributed by atoms with Crippen LogP contribution in [0.2, 0.25) is 0 Å². The van der Waals surface area contributed by atoms with E-state index in [4.69, 9.17) is 20.4 Å². The van der Waals surface area contributed by atoms with E-state index in [1.807, 2.05) is 4.90 Å². The van der Waals surface area contributed by atoms with Gasteiger partial charge < -0.3 is 25.3 Å². The molecule has 0 unspecified atom stereocenters. The molecule has 0 aromatic heterocycles. The molecule has 8 nitrogen and oxygen atoms in total. The van der Waals surface area contributed by atoms with Gasteiger partial charge in [-0.15, -0.1) is 0 Å². The van der Waals surface area contributed by atoms with Gasteiger partial charge in [0, 0.05) is 33.3 Å². The molecule has 0 radical (unpaired) electrons. The topological polar surface area (TPSA) is 101 Å². The summed E-state index contributed by atoms with van der Waals surface area (Å²) in [6.07, 6.45) is 0. The molecule has 1 fully saturated rings. The van der Waals surface area contributed by atoms with Gasteiger partial charge in [0.05, 0.1) is 19.8 Å². The van der Waals surface area contributed by atoms with Crippen LogP contribution in [0.15, 0.2) is 5.16 Å². The molecule has 0 saturated carbocycles. The molecule has 0 atom stereocenters. The Kier molecular flexibility index (Phi) is 7.16. The number of rotatable bonds is 7. The zero-order valence-corrected chi connectivity index (χ0v) is 11.2. The Bertz CT molecular complexity index is 303. The van der Waals surface area contributed by atoms with E-state index < -0.39 is 0 Å². The first-order chi connectivity index (χ1) is 9.17. The van der Waals surface area contributed by atoms with Crippen molar-refractivity contribution in [2.75, 3.05) is 59.7 Å². The number of carbonyl (C=O) groups excluding carboxylic acids is 1. The maximum atomic E-state index is 11.8. The summed E-state index contributed by atoms with van der Waals surface area (Å²) < 4.78 is 10.0. The molecule has 0 aliphatic carbocycles. The molecule has 110 valence electrons. The van der Waals surface area contributed by atoms with Gasteiger partial charge in [-0.3, -0.25) is 9.69 Å². The lowest BCUT2D eigenvalue weighted by Crippen LogP contribution is -2.51. The number of nitrogens with two attached hydrogens (primary N) is 1. The number of nitrogens with zero attached hydrogens (tertiary/aromatic N) is 3. The fourth-order valence-corrected chi connectivity index (χ4v) is 1.81. The van der Waals surface area contributed by atoms with Crippen molar-refractivity contribution in [1.82, 2.24) is 9.80 Å². The van der Waals surface area contributed by atoms with Gasteiger partial charge in [-0.05, 0) is 0 Å². The number of oxime groups is 1. The van der Waals surface area contributed by atoms with Crippen molar-refractivity contribution in [3.63, 3.8) is 0 Å². The minimum atomic E-state index is -0.0143. The highest BCUT2D eigenvalue weighted by Crippen LogP contribution is 2.02. The van der Waals surface area contributed by atoms with E-state index in [0.29, 0.717) is 45.9 Å². The monoisotopic (exact) mass is 274 g/mol. The van der Waals surface area contributed by atoms with Crippen LogP contribution >= 0.6 is 0 Å². The highest BCUT2D eigenvalue weighted by molar-refractivity contribution is 5.81. The molecule has 8 heteroatoms. The number of piperazine rings is 1. The number of amides is 1. The third kappa shape index (κ3) is 5.86. The van der Waals surface area contributed by atoms with Crippen LogP contribution in [0.25, 0.3) is 0 Å². The molecule has 1 saturated heterocycles. The van der Waals surface area contributed by atoms with Crippen LogP contribution in [0.5, 0.6) is 0 Å². The summed E-state index contributed by atoms with van der Waals surface area (Å²) in [6, 6.07) is 0. The number of ether oxygens (including phenoxy) is 2. The summed E-state index contributed by atoms with van der Waals surface area (Å²) in [4.78, 5) is 15.6. The number of carbonyl (C=O) groups is 1. The molecule has 1 aliphatic heterocycles. The van der Waals surface area contributed by atoms with Gasteiger partial charge >= 0.3 is 0 Å². The number of hydrogen-bond donors (Lipinski definition) is 2. The molecule has 1 heterocycles. The van der Waals surface area contributed by atoms with Crippen molar-refractivity contribution in [2.24, 2.45) is 10.9 Å². The van der Waals surface area contributed by atoms with Gasteiger partial charge in [0.25, 0.3) is 0 Å². The Morgan fingerprint density at radius 1 is 1.32 bits per heavy atom. The summed E-state index contributed by atoms with van der Waals surface area (Å²) in [7, 11) is 1.59. The zero-order valence-electron chi connectivity index (χ0n) is 11.2. The van der Waals surface area contributed by atoms with Crippen LogP contribution in [0.4, 0.5) is 0 Å². The highest BCUT2D eigenvalue weighted by atomic mass is 16.5. The van der Waals surface area contributed by atoms with Crippen molar-refractivity contribution in [1.29, 1.82) is 0 Å². The SMILES string of the molecule is COCCOCC(=O)N1CCN(CC(N)=NO)CC1.